The third kappa shape index (κ3) is 4.85. The second-order valence-corrected chi connectivity index (χ2v) is 14.2. The predicted octanol–water partition coefficient (Wildman–Crippen LogP) is 11.9. The van der Waals surface area contributed by atoms with Gasteiger partial charge in [0.05, 0.1) is 11.1 Å². The first-order chi connectivity index (χ1) is 27.3. The second-order valence-electron chi connectivity index (χ2n) is 14.2. The molecule has 0 radical (unpaired) electrons. The van der Waals surface area contributed by atoms with Crippen LogP contribution in [0, 0.1) is 0 Å². The molecule has 0 saturated carbocycles. The van der Waals surface area contributed by atoms with E-state index in [1.54, 1.807) is 0 Å². The number of pyridine rings is 1. The summed E-state index contributed by atoms with van der Waals surface area (Å²) < 4.78 is 0. The molecule has 0 amide bonds. The van der Waals surface area contributed by atoms with E-state index in [2.05, 4.69) is 132 Å². The maximum atomic E-state index is 5.10. The van der Waals surface area contributed by atoms with Gasteiger partial charge in [-0.1, -0.05) is 158 Å². The monoisotopic (exact) mass is 700 g/mol. The second kappa shape index (κ2) is 12.4. The highest BCUT2D eigenvalue weighted by atomic mass is 15.0. The summed E-state index contributed by atoms with van der Waals surface area (Å²) in [7, 11) is 0. The molecule has 0 unspecified atom stereocenters. The van der Waals surface area contributed by atoms with E-state index in [4.69, 9.17) is 15.0 Å². The number of hydrogen-bond donors (Lipinski definition) is 0. The molecule has 55 heavy (non-hydrogen) atoms. The fourth-order valence-electron chi connectivity index (χ4n) is 8.82. The van der Waals surface area contributed by atoms with Crippen LogP contribution >= 0.6 is 0 Å². The first-order valence-corrected chi connectivity index (χ1v) is 18.6. The Bertz CT molecular complexity index is 2890. The Kier molecular flexibility index (Phi) is 7.04. The fourth-order valence-corrected chi connectivity index (χ4v) is 8.82. The quantitative estimate of drug-likeness (QED) is 0.179. The highest BCUT2D eigenvalue weighted by Crippen LogP contribution is 2.62. The predicted molar refractivity (Wildman–Crippen MR) is 221 cm³/mol. The average Bonchev–Trinajstić information content (AvgIpc) is 3.74. The van der Waals surface area contributed by atoms with Gasteiger partial charge in [-0.05, 0) is 86.0 Å². The Hall–Kier alpha value is -7.30. The van der Waals surface area contributed by atoms with E-state index in [0.29, 0.717) is 17.5 Å². The molecule has 2 heterocycles. The topological polar surface area (TPSA) is 51.6 Å². The number of aromatic nitrogens is 4. The number of rotatable bonds is 5. The Morgan fingerprint density at radius 2 is 0.745 bits per heavy atom. The molecule has 0 aliphatic heterocycles. The van der Waals surface area contributed by atoms with E-state index < -0.39 is 0 Å². The molecule has 7 aromatic carbocycles. The van der Waals surface area contributed by atoms with Crippen molar-refractivity contribution < 1.29 is 0 Å². The summed E-state index contributed by atoms with van der Waals surface area (Å²) in [5.41, 5.74) is 17.1. The summed E-state index contributed by atoms with van der Waals surface area (Å²) in [5, 5.41) is 0. The molecular weight excluding hydrogens is 669 g/mol. The summed E-state index contributed by atoms with van der Waals surface area (Å²) in [6.07, 6.45) is 1.81. The van der Waals surface area contributed by atoms with Gasteiger partial charge in [-0.3, -0.25) is 4.98 Å². The van der Waals surface area contributed by atoms with E-state index in [0.717, 1.165) is 39.1 Å². The minimum Gasteiger partial charge on any atom is -0.256 e. The van der Waals surface area contributed by atoms with Crippen molar-refractivity contribution >= 4 is 0 Å². The van der Waals surface area contributed by atoms with Gasteiger partial charge in [-0.2, -0.15) is 0 Å². The zero-order chi connectivity index (χ0) is 36.3. The van der Waals surface area contributed by atoms with Crippen molar-refractivity contribution in [3.05, 3.63) is 217 Å². The van der Waals surface area contributed by atoms with Gasteiger partial charge in [-0.15, -0.1) is 0 Å². The van der Waals surface area contributed by atoms with Gasteiger partial charge < -0.3 is 0 Å². The van der Waals surface area contributed by atoms with Gasteiger partial charge in [0.15, 0.2) is 17.5 Å². The van der Waals surface area contributed by atoms with Gasteiger partial charge in [0.25, 0.3) is 0 Å². The lowest BCUT2D eigenvalue weighted by molar-refractivity contribution is 0.794. The van der Waals surface area contributed by atoms with Crippen molar-refractivity contribution in [2.24, 2.45) is 0 Å². The van der Waals surface area contributed by atoms with Gasteiger partial charge in [0.2, 0.25) is 0 Å². The molecule has 0 fully saturated rings. The van der Waals surface area contributed by atoms with E-state index in [1.807, 2.05) is 66.9 Å². The van der Waals surface area contributed by atoms with Crippen molar-refractivity contribution in [1.82, 2.24) is 19.9 Å². The lowest BCUT2D eigenvalue weighted by atomic mass is 9.70. The average molecular weight is 701 g/mol. The summed E-state index contributed by atoms with van der Waals surface area (Å²) >= 11 is 0. The van der Waals surface area contributed by atoms with Crippen LogP contribution in [-0.2, 0) is 5.41 Å². The van der Waals surface area contributed by atoms with Gasteiger partial charge >= 0.3 is 0 Å². The standard InChI is InChI=1S/C51H32N4/c1-2-14-33(15-3-1)48-53-49(55-50(54-48)38-19-13-17-36(31-38)47-26-10-11-29-52-47)37-18-12-16-34(30-37)35-27-28-46-42(32-35)41-22-6-9-25-45(41)51(46)43-23-7-4-20-39(43)40-21-5-8-24-44(40)51/h1-32H. The van der Waals surface area contributed by atoms with E-state index in [1.165, 1.54) is 44.5 Å². The zero-order valence-electron chi connectivity index (χ0n) is 29.8. The van der Waals surface area contributed by atoms with Crippen molar-refractivity contribution in [3.63, 3.8) is 0 Å². The largest absolute Gasteiger partial charge is 0.256 e. The highest BCUT2D eigenvalue weighted by molar-refractivity contribution is 5.96. The molecular formula is C51H32N4. The van der Waals surface area contributed by atoms with Gasteiger partial charge in [0.1, 0.15) is 0 Å². The molecule has 9 aromatic rings. The molecule has 11 rings (SSSR count). The number of fused-ring (bicyclic) bond motifs is 10. The highest BCUT2D eigenvalue weighted by Gasteiger charge is 2.51. The van der Waals surface area contributed by atoms with E-state index in [9.17, 15) is 0 Å². The van der Waals surface area contributed by atoms with E-state index in [-0.39, 0.29) is 5.41 Å². The molecule has 4 nitrogen and oxygen atoms in total. The van der Waals surface area contributed by atoms with Crippen LogP contribution in [0.15, 0.2) is 194 Å². The minimum atomic E-state index is -0.359. The first kappa shape index (κ1) is 31.2. The SMILES string of the molecule is c1ccc(-c2nc(-c3cccc(-c4ccc5c(c4)-c4ccccc4C54c5ccccc5-c5ccccc54)c3)nc(-c3cccc(-c4ccccn4)c3)n2)cc1. The van der Waals surface area contributed by atoms with Crippen LogP contribution in [0.3, 0.4) is 0 Å². The van der Waals surface area contributed by atoms with Crippen molar-refractivity contribution in [1.29, 1.82) is 0 Å². The molecule has 4 heteroatoms. The lowest BCUT2D eigenvalue weighted by Gasteiger charge is -2.30. The molecule has 2 aromatic heterocycles. The van der Waals surface area contributed by atoms with E-state index >= 15 is 0 Å². The maximum absolute atomic E-state index is 5.10. The van der Waals surface area contributed by atoms with Crippen LogP contribution in [0.4, 0.5) is 0 Å². The normalized spacial score (nSPS) is 12.9. The Balaban J connectivity index is 1.05. The fraction of sp³-hybridized carbons (Fsp3) is 0.0196. The van der Waals surface area contributed by atoms with Crippen LogP contribution in [0.5, 0.6) is 0 Å². The lowest BCUT2D eigenvalue weighted by Crippen LogP contribution is -2.25. The molecule has 256 valence electrons. The molecule has 1 spiro atoms. The molecule has 2 aliphatic carbocycles. The minimum absolute atomic E-state index is 0.359. The van der Waals surface area contributed by atoms with Crippen molar-refractivity contribution in [3.8, 4) is 78.8 Å². The third-order valence-corrected chi connectivity index (χ3v) is 11.2. The Labute approximate surface area is 319 Å². The van der Waals surface area contributed by atoms with Crippen LogP contribution in [0.25, 0.3) is 78.8 Å². The van der Waals surface area contributed by atoms with Crippen LogP contribution < -0.4 is 0 Å². The molecule has 0 saturated heterocycles. The number of hydrogen-bond acceptors (Lipinski definition) is 4. The summed E-state index contributed by atoms with van der Waals surface area (Å²) in [6, 6.07) is 66.7. The summed E-state index contributed by atoms with van der Waals surface area (Å²) in [5.74, 6) is 1.87. The molecule has 0 N–H and O–H groups in total. The smallest absolute Gasteiger partial charge is 0.164 e. The Morgan fingerprint density at radius 1 is 0.291 bits per heavy atom. The van der Waals surface area contributed by atoms with Gasteiger partial charge in [-0.25, -0.2) is 15.0 Å². The molecule has 0 atom stereocenters. The third-order valence-electron chi connectivity index (χ3n) is 11.2. The molecule has 0 bridgehead atoms. The molecule has 2 aliphatic rings. The van der Waals surface area contributed by atoms with Gasteiger partial charge in [0, 0.05) is 28.5 Å². The maximum Gasteiger partial charge on any atom is 0.164 e. The number of nitrogens with zero attached hydrogens (tertiary/aromatic N) is 4. The van der Waals surface area contributed by atoms with Crippen LogP contribution in [0.2, 0.25) is 0 Å². The van der Waals surface area contributed by atoms with Crippen molar-refractivity contribution in [2.75, 3.05) is 0 Å². The first-order valence-electron chi connectivity index (χ1n) is 18.6. The summed E-state index contributed by atoms with van der Waals surface area (Å²) in [6.45, 7) is 0. The Morgan fingerprint density at radius 3 is 1.36 bits per heavy atom. The van der Waals surface area contributed by atoms with Crippen molar-refractivity contribution in [2.45, 2.75) is 5.41 Å². The van der Waals surface area contributed by atoms with Crippen LogP contribution in [-0.4, -0.2) is 19.9 Å². The number of benzene rings is 7. The van der Waals surface area contributed by atoms with Crippen LogP contribution in [0.1, 0.15) is 22.3 Å². The zero-order valence-corrected chi connectivity index (χ0v) is 29.8. The summed E-state index contributed by atoms with van der Waals surface area (Å²) in [4.78, 5) is 19.7.